The van der Waals surface area contributed by atoms with Crippen LogP contribution in [0.5, 0.6) is 0 Å². The van der Waals surface area contributed by atoms with E-state index < -0.39 is 160 Å². The molecular weight excluding hydrogens is 581 g/mol. The molecule has 1 heterocycles. The average molecular weight is 633 g/mol. The van der Waals surface area contributed by atoms with Gasteiger partial charge in [-0.1, -0.05) is 127 Å². The summed E-state index contributed by atoms with van der Waals surface area (Å²) < 4.78 is 181. The van der Waals surface area contributed by atoms with Gasteiger partial charge in [0.25, 0.3) is 0 Å². The summed E-state index contributed by atoms with van der Waals surface area (Å²) in [5, 5.41) is 0.285. The van der Waals surface area contributed by atoms with E-state index in [9.17, 15) is 12.3 Å². The summed E-state index contributed by atoms with van der Waals surface area (Å²) in [6, 6.07) is 4.69. The number of aromatic nitrogens is 1. The first-order valence-corrected chi connectivity index (χ1v) is 14.8. The van der Waals surface area contributed by atoms with Crippen molar-refractivity contribution < 1.29 is 27.4 Å². The molecule has 8 aromatic carbocycles. The van der Waals surface area contributed by atoms with Gasteiger partial charge in [-0.05, 0) is 99.6 Å². The number of hydrogen-bond acceptors (Lipinski definition) is 1. The highest BCUT2D eigenvalue weighted by atomic mass is 15.1. The Kier molecular flexibility index (Phi) is 3.47. The van der Waals surface area contributed by atoms with Crippen LogP contribution in [0.4, 0.5) is 17.1 Å². The maximum absolute atomic E-state index is 9.86. The van der Waals surface area contributed by atoms with Crippen LogP contribution in [0.2, 0.25) is 0 Å². The van der Waals surface area contributed by atoms with E-state index in [2.05, 4.69) is 0 Å². The van der Waals surface area contributed by atoms with E-state index in [1.54, 1.807) is 18.2 Å². The molecule has 2 heteroatoms. The molecule has 0 bridgehead atoms. The Bertz CT molecular complexity index is 3640. The van der Waals surface area contributed by atoms with Crippen LogP contribution in [0.3, 0.4) is 0 Å². The van der Waals surface area contributed by atoms with Crippen LogP contribution >= 0.6 is 0 Å². The fourth-order valence-electron chi connectivity index (χ4n) is 5.71. The van der Waals surface area contributed by atoms with Gasteiger partial charge in [0.1, 0.15) is 0 Å². The third-order valence-electron chi connectivity index (χ3n) is 7.86. The Morgan fingerprint density at radius 1 is 0.417 bits per heavy atom. The molecule has 0 aliphatic rings. The standard InChI is InChI=1S/C46H32N2/c1-3-12-33(13-4-1)35-22-26-40(27-23-35)47(42-28-24-34-14-7-8-15-36(34)30-42)41-19-11-16-37(31-41)38-25-29-46-44(32-38)43-20-9-10-21-45(43)48(46)39-17-5-2-6-18-39/h1-32H/i1D,3D,4D,7D,8D,11D,12D,13D,14D,15D,16D,19D,22D,23D,24D,26D,27D,28D,30D,31D. The van der Waals surface area contributed by atoms with Gasteiger partial charge in [-0.2, -0.15) is 0 Å². The maximum atomic E-state index is 9.86. The van der Waals surface area contributed by atoms with Gasteiger partial charge < -0.3 is 9.47 Å². The van der Waals surface area contributed by atoms with Gasteiger partial charge in [0.2, 0.25) is 0 Å². The first-order valence-electron chi connectivity index (χ1n) is 24.8. The lowest BCUT2D eigenvalue weighted by molar-refractivity contribution is 1.18. The minimum Gasteiger partial charge on any atom is -0.310 e. The number of hydrogen-bond donors (Lipinski definition) is 0. The number of rotatable bonds is 6. The van der Waals surface area contributed by atoms with Crippen molar-refractivity contribution in [2.75, 3.05) is 4.90 Å². The summed E-state index contributed by atoms with van der Waals surface area (Å²) in [5.41, 5.74) is -1.66. The Labute approximate surface area is 308 Å². The Morgan fingerprint density at radius 2 is 1.08 bits per heavy atom. The lowest BCUT2D eigenvalue weighted by Crippen LogP contribution is -2.10. The zero-order valence-electron chi connectivity index (χ0n) is 44.8. The molecular formula is C46H32N2. The highest BCUT2D eigenvalue weighted by molar-refractivity contribution is 6.10. The molecule has 2 nitrogen and oxygen atoms in total. The van der Waals surface area contributed by atoms with Crippen molar-refractivity contribution >= 4 is 49.6 Å². The molecule has 9 rings (SSSR count). The molecule has 0 amide bonds. The van der Waals surface area contributed by atoms with Crippen molar-refractivity contribution in [3.63, 3.8) is 0 Å². The predicted molar refractivity (Wildman–Crippen MR) is 204 cm³/mol. The van der Waals surface area contributed by atoms with Gasteiger partial charge in [-0.3, -0.25) is 0 Å². The number of anilines is 3. The van der Waals surface area contributed by atoms with E-state index >= 15 is 0 Å². The van der Waals surface area contributed by atoms with Crippen LogP contribution in [-0.2, 0) is 0 Å². The number of nitrogens with zero attached hydrogens (tertiary/aromatic N) is 2. The molecule has 0 spiro atoms. The first-order chi connectivity index (χ1) is 32.1. The van der Waals surface area contributed by atoms with Gasteiger partial charge >= 0.3 is 0 Å². The lowest BCUT2D eigenvalue weighted by atomic mass is 10.0. The quantitative estimate of drug-likeness (QED) is 0.177. The van der Waals surface area contributed by atoms with E-state index in [4.69, 9.17) is 15.1 Å². The normalized spacial score (nSPS) is 17.2. The second-order valence-corrected chi connectivity index (χ2v) is 10.7. The van der Waals surface area contributed by atoms with Crippen molar-refractivity contribution in [1.82, 2.24) is 4.57 Å². The second-order valence-electron chi connectivity index (χ2n) is 10.7. The van der Waals surface area contributed by atoms with E-state index in [0.29, 0.717) is 10.3 Å². The van der Waals surface area contributed by atoms with Gasteiger partial charge in [-0.25, -0.2) is 0 Å². The summed E-state index contributed by atoms with van der Waals surface area (Å²) in [6.07, 6.45) is 0. The molecule has 0 atom stereocenters. The maximum Gasteiger partial charge on any atom is 0.0651 e. The number of para-hydroxylation sites is 2. The number of benzene rings is 8. The zero-order chi connectivity index (χ0) is 49.3. The molecule has 9 aromatic rings. The van der Waals surface area contributed by atoms with Gasteiger partial charge in [-0.15, -0.1) is 0 Å². The van der Waals surface area contributed by atoms with Gasteiger partial charge in [0, 0.05) is 33.5 Å². The van der Waals surface area contributed by atoms with Gasteiger partial charge in [0.05, 0.1) is 38.4 Å². The minimum absolute atomic E-state index is 0.181. The molecule has 226 valence electrons. The zero-order valence-corrected chi connectivity index (χ0v) is 24.8. The number of fused-ring (bicyclic) bond motifs is 4. The molecule has 0 aliphatic heterocycles. The van der Waals surface area contributed by atoms with E-state index in [-0.39, 0.29) is 11.1 Å². The Balaban J connectivity index is 1.42. The van der Waals surface area contributed by atoms with Crippen molar-refractivity contribution in [1.29, 1.82) is 0 Å². The first kappa shape index (κ1) is 14.2. The minimum atomic E-state index is -1.05. The van der Waals surface area contributed by atoms with Crippen molar-refractivity contribution in [3.8, 4) is 27.9 Å². The SMILES string of the molecule is [2H]c1c([2H])c([2H])c(-c2c([2H])c([2H])c(N(c3c([2H])c([2H])c([2H])c(-c4ccc5c(c4)c4ccccc4n5-c4ccccc4)c3[2H])c3c([2H])c([2H])c4c([2H])c([2H])c([2H])c([2H])c4c3[2H])c([2H])c2[2H])c([2H])c1[2H]. The third kappa shape index (κ3) is 4.92. The van der Waals surface area contributed by atoms with Crippen LogP contribution in [-0.4, -0.2) is 4.57 Å². The molecule has 48 heavy (non-hydrogen) atoms. The molecule has 0 saturated carbocycles. The van der Waals surface area contributed by atoms with E-state index in [1.807, 2.05) is 59.2 Å². The Hall–Kier alpha value is -6.38. The highest BCUT2D eigenvalue weighted by Gasteiger charge is 2.16. The average Bonchev–Trinajstić information content (AvgIpc) is 3.66. The highest BCUT2D eigenvalue weighted by Crippen LogP contribution is 2.40. The van der Waals surface area contributed by atoms with Crippen LogP contribution < -0.4 is 4.90 Å². The molecule has 0 fully saturated rings. The molecule has 1 aromatic heterocycles. The van der Waals surface area contributed by atoms with Crippen molar-refractivity contribution in [2.45, 2.75) is 0 Å². The monoisotopic (exact) mass is 632 g/mol. The molecule has 0 aliphatic carbocycles. The predicted octanol–water partition coefficient (Wildman–Crippen LogP) is 12.7. The Morgan fingerprint density at radius 3 is 1.94 bits per heavy atom. The molecule has 0 saturated heterocycles. The van der Waals surface area contributed by atoms with Crippen LogP contribution in [0, 0.1) is 0 Å². The lowest BCUT2D eigenvalue weighted by Gasteiger charge is -2.26. The smallest absolute Gasteiger partial charge is 0.0651 e. The third-order valence-corrected chi connectivity index (χ3v) is 7.86. The molecule has 0 radical (unpaired) electrons. The van der Waals surface area contributed by atoms with E-state index in [1.165, 1.54) is 0 Å². The summed E-state index contributed by atoms with van der Waals surface area (Å²) >= 11 is 0. The largest absolute Gasteiger partial charge is 0.310 e. The van der Waals surface area contributed by atoms with Crippen molar-refractivity contribution in [3.05, 3.63) is 194 Å². The topological polar surface area (TPSA) is 8.17 Å². The molecule has 0 unspecified atom stereocenters. The van der Waals surface area contributed by atoms with Crippen LogP contribution in [0.15, 0.2) is 194 Å². The van der Waals surface area contributed by atoms with Crippen molar-refractivity contribution in [2.24, 2.45) is 0 Å². The summed E-state index contributed by atoms with van der Waals surface area (Å²) in [5.74, 6) is 0. The summed E-state index contributed by atoms with van der Waals surface area (Å²) in [7, 11) is 0. The summed E-state index contributed by atoms with van der Waals surface area (Å²) in [4.78, 5) is 0.612. The van der Waals surface area contributed by atoms with Crippen LogP contribution in [0.1, 0.15) is 27.4 Å². The van der Waals surface area contributed by atoms with E-state index in [0.717, 1.165) is 22.1 Å². The summed E-state index contributed by atoms with van der Waals surface area (Å²) in [6.45, 7) is 0. The fraction of sp³-hybridized carbons (Fsp3) is 0. The van der Waals surface area contributed by atoms with Gasteiger partial charge in [0.15, 0.2) is 0 Å². The molecule has 0 N–H and O–H groups in total. The second kappa shape index (κ2) is 11.8. The van der Waals surface area contributed by atoms with Crippen LogP contribution in [0.25, 0.3) is 60.5 Å². The fourth-order valence-corrected chi connectivity index (χ4v) is 5.71.